The molecule has 2 aliphatic rings. The predicted octanol–water partition coefficient (Wildman–Crippen LogP) is 1.65. The number of imide groups is 1. The van der Waals surface area contributed by atoms with Crippen molar-refractivity contribution in [1.29, 1.82) is 0 Å². The number of hydrogen-bond acceptors (Lipinski definition) is 4. The molecule has 0 spiro atoms. The van der Waals surface area contributed by atoms with Crippen LogP contribution in [0.2, 0.25) is 0 Å². The van der Waals surface area contributed by atoms with Gasteiger partial charge in [0.25, 0.3) is 0 Å². The van der Waals surface area contributed by atoms with Crippen LogP contribution in [-0.4, -0.2) is 36.0 Å². The maximum Gasteiger partial charge on any atom is 0.306 e. The van der Waals surface area contributed by atoms with Gasteiger partial charge in [-0.25, -0.2) is 4.39 Å². The molecular formula is C17H19FN2O4. The molecule has 2 amide bonds. The molecule has 1 atom stereocenters. The number of amides is 2. The van der Waals surface area contributed by atoms with Gasteiger partial charge >= 0.3 is 5.97 Å². The summed E-state index contributed by atoms with van der Waals surface area (Å²) in [6.45, 7) is 0.983. The maximum absolute atomic E-state index is 14.5. The summed E-state index contributed by atoms with van der Waals surface area (Å²) < 4.78 is 14.5. The average molecular weight is 334 g/mol. The van der Waals surface area contributed by atoms with E-state index >= 15 is 0 Å². The largest absolute Gasteiger partial charge is 0.481 e. The van der Waals surface area contributed by atoms with Crippen molar-refractivity contribution in [2.75, 3.05) is 18.0 Å². The summed E-state index contributed by atoms with van der Waals surface area (Å²) in [7, 11) is 0. The van der Waals surface area contributed by atoms with Crippen LogP contribution in [0.15, 0.2) is 18.2 Å². The van der Waals surface area contributed by atoms with E-state index in [1.54, 1.807) is 12.1 Å². The van der Waals surface area contributed by atoms with Gasteiger partial charge in [0.2, 0.25) is 11.8 Å². The lowest BCUT2D eigenvalue weighted by Crippen LogP contribution is -2.39. The van der Waals surface area contributed by atoms with Crippen molar-refractivity contribution in [1.82, 2.24) is 5.32 Å². The molecule has 2 saturated heterocycles. The Morgan fingerprint density at radius 2 is 1.92 bits per heavy atom. The summed E-state index contributed by atoms with van der Waals surface area (Å²) in [6, 6.07) is 4.69. The third-order valence-corrected chi connectivity index (χ3v) is 4.80. The van der Waals surface area contributed by atoms with Crippen LogP contribution < -0.4 is 10.2 Å². The van der Waals surface area contributed by atoms with Crippen molar-refractivity contribution in [3.8, 4) is 0 Å². The first-order valence-electron chi connectivity index (χ1n) is 8.06. The summed E-state index contributed by atoms with van der Waals surface area (Å²) in [5.41, 5.74) is 0.983. The van der Waals surface area contributed by atoms with Crippen LogP contribution >= 0.6 is 0 Å². The summed E-state index contributed by atoms with van der Waals surface area (Å²) >= 11 is 0. The van der Waals surface area contributed by atoms with E-state index in [1.165, 1.54) is 6.07 Å². The van der Waals surface area contributed by atoms with Gasteiger partial charge in [0.1, 0.15) is 5.82 Å². The number of rotatable bonds is 3. The van der Waals surface area contributed by atoms with Crippen molar-refractivity contribution in [3.05, 3.63) is 29.6 Å². The number of hydrogen-bond donors (Lipinski definition) is 2. The van der Waals surface area contributed by atoms with E-state index in [-0.39, 0.29) is 24.2 Å². The molecule has 0 aromatic heterocycles. The van der Waals surface area contributed by atoms with Crippen LogP contribution in [0, 0.1) is 11.7 Å². The highest BCUT2D eigenvalue weighted by molar-refractivity contribution is 6.00. The van der Waals surface area contributed by atoms with Crippen molar-refractivity contribution in [2.24, 2.45) is 5.92 Å². The fraction of sp³-hybridized carbons (Fsp3) is 0.471. The molecular weight excluding hydrogens is 315 g/mol. The van der Waals surface area contributed by atoms with Crippen molar-refractivity contribution in [3.63, 3.8) is 0 Å². The molecule has 3 rings (SSSR count). The van der Waals surface area contributed by atoms with Crippen molar-refractivity contribution in [2.45, 2.75) is 31.6 Å². The molecule has 2 N–H and O–H groups in total. The molecule has 1 unspecified atom stereocenters. The van der Waals surface area contributed by atoms with E-state index in [9.17, 15) is 18.8 Å². The fourth-order valence-electron chi connectivity index (χ4n) is 3.38. The highest BCUT2D eigenvalue weighted by atomic mass is 19.1. The van der Waals surface area contributed by atoms with Gasteiger partial charge in [-0.2, -0.15) is 0 Å². The Balaban J connectivity index is 1.73. The standard InChI is InChI=1S/C17H19FN2O4/c18-13-9-11(12-2-4-15(21)19-16(12)22)1-3-14(13)20-7-5-10(6-8-20)17(23)24/h1,3,9-10,12H,2,4-8H2,(H,23,24)(H,19,21,22). The van der Waals surface area contributed by atoms with Crippen LogP contribution in [0.4, 0.5) is 10.1 Å². The zero-order valence-electron chi connectivity index (χ0n) is 13.1. The normalized spacial score (nSPS) is 22.4. The second-order valence-corrected chi connectivity index (χ2v) is 6.31. The molecule has 128 valence electrons. The smallest absolute Gasteiger partial charge is 0.306 e. The molecule has 2 heterocycles. The highest BCUT2D eigenvalue weighted by Gasteiger charge is 2.30. The number of carboxylic acids is 1. The average Bonchev–Trinajstić information content (AvgIpc) is 2.55. The topological polar surface area (TPSA) is 86.7 Å². The number of anilines is 1. The van der Waals surface area contributed by atoms with Crippen LogP contribution in [-0.2, 0) is 14.4 Å². The number of carbonyl (C=O) groups is 3. The van der Waals surface area contributed by atoms with E-state index in [0.717, 1.165) is 0 Å². The predicted molar refractivity (Wildman–Crippen MR) is 84.1 cm³/mol. The third kappa shape index (κ3) is 3.25. The SMILES string of the molecule is O=C1CCC(c2ccc(N3CCC(C(=O)O)CC3)c(F)c2)C(=O)N1. The first-order chi connectivity index (χ1) is 11.5. The van der Waals surface area contributed by atoms with Crippen LogP contribution in [0.25, 0.3) is 0 Å². The quantitative estimate of drug-likeness (QED) is 0.821. The van der Waals surface area contributed by atoms with Crippen LogP contribution in [0.1, 0.15) is 37.2 Å². The minimum atomic E-state index is -0.802. The highest BCUT2D eigenvalue weighted by Crippen LogP contribution is 2.31. The lowest BCUT2D eigenvalue weighted by atomic mass is 9.90. The van der Waals surface area contributed by atoms with Gasteiger partial charge in [0.15, 0.2) is 0 Å². The molecule has 0 bridgehead atoms. The third-order valence-electron chi connectivity index (χ3n) is 4.80. The van der Waals surface area contributed by atoms with Gasteiger partial charge in [-0.15, -0.1) is 0 Å². The Hall–Kier alpha value is -2.44. The van der Waals surface area contributed by atoms with E-state index in [4.69, 9.17) is 5.11 Å². The van der Waals surface area contributed by atoms with E-state index in [0.29, 0.717) is 43.6 Å². The Kier molecular flexibility index (Phi) is 4.51. The molecule has 24 heavy (non-hydrogen) atoms. The van der Waals surface area contributed by atoms with E-state index in [2.05, 4.69) is 5.32 Å². The lowest BCUT2D eigenvalue weighted by Gasteiger charge is -2.32. The van der Waals surface area contributed by atoms with Gasteiger partial charge in [-0.1, -0.05) is 6.07 Å². The van der Waals surface area contributed by atoms with Gasteiger partial charge in [0, 0.05) is 19.5 Å². The maximum atomic E-state index is 14.5. The number of halogens is 1. The summed E-state index contributed by atoms with van der Waals surface area (Å²) in [5, 5.41) is 11.3. The molecule has 2 aliphatic heterocycles. The second kappa shape index (κ2) is 6.59. The molecule has 0 aliphatic carbocycles. The van der Waals surface area contributed by atoms with E-state index < -0.39 is 17.7 Å². The van der Waals surface area contributed by atoms with Crippen LogP contribution in [0.3, 0.4) is 0 Å². The molecule has 7 heteroatoms. The van der Waals surface area contributed by atoms with Crippen molar-refractivity contribution >= 4 is 23.5 Å². The fourth-order valence-corrected chi connectivity index (χ4v) is 3.38. The zero-order chi connectivity index (χ0) is 17.3. The second-order valence-electron chi connectivity index (χ2n) is 6.31. The number of carboxylic acid groups (broad SMARTS) is 1. The van der Waals surface area contributed by atoms with Crippen LogP contribution in [0.5, 0.6) is 0 Å². The van der Waals surface area contributed by atoms with Gasteiger partial charge in [0.05, 0.1) is 17.5 Å². The number of nitrogens with zero attached hydrogens (tertiary/aromatic N) is 1. The summed E-state index contributed by atoms with van der Waals surface area (Å²) in [6.07, 6.45) is 1.61. The first kappa shape index (κ1) is 16.4. The Labute approximate surface area is 138 Å². The Morgan fingerprint density at radius 1 is 1.21 bits per heavy atom. The molecule has 0 radical (unpaired) electrons. The minimum Gasteiger partial charge on any atom is -0.481 e. The summed E-state index contributed by atoms with van der Waals surface area (Å²) in [4.78, 5) is 35.9. The van der Waals surface area contributed by atoms with Gasteiger partial charge in [-0.05, 0) is 37.0 Å². The molecule has 6 nitrogen and oxygen atoms in total. The number of carbonyl (C=O) groups excluding carboxylic acids is 2. The molecule has 1 aromatic rings. The minimum absolute atomic E-state index is 0.252. The molecule has 0 saturated carbocycles. The zero-order valence-corrected chi connectivity index (χ0v) is 13.1. The monoisotopic (exact) mass is 334 g/mol. The Morgan fingerprint density at radius 3 is 2.50 bits per heavy atom. The lowest BCUT2D eigenvalue weighted by molar-refractivity contribution is -0.142. The number of aliphatic carboxylic acids is 1. The Bertz CT molecular complexity index is 683. The van der Waals surface area contributed by atoms with Crippen molar-refractivity contribution < 1.29 is 23.9 Å². The number of piperidine rings is 2. The first-order valence-corrected chi connectivity index (χ1v) is 8.06. The van der Waals surface area contributed by atoms with Gasteiger partial charge in [-0.3, -0.25) is 19.7 Å². The number of nitrogens with one attached hydrogen (secondary N) is 1. The summed E-state index contributed by atoms with van der Waals surface area (Å²) in [5.74, 6) is -2.79. The number of benzene rings is 1. The van der Waals surface area contributed by atoms with E-state index in [1.807, 2.05) is 4.90 Å². The molecule has 1 aromatic carbocycles. The molecule has 2 fully saturated rings. The van der Waals surface area contributed by atoms with Gasteiger partial charge < -0.3 is 10.0 Å².